The third-order valence-corrected chi connectivity index (χ3v) is 4.86. The van der Waals surface area contributed by atoms with Gasteiger partial charge in [0.25, 0.3) is 0 Å². The first-order chi connectivity index (χ1) is 10.4. The molecule has 4 heteroatoms. The van der Waals surface area contributed by atoms with Gasteiger partial charge in [0.15, 0.2) is 0 Å². The molecule has 0 aliphatic heterocycles. The van der Waals surface area contributed by atoms with Gasteiger partial charge in [-0.3, -0.25) is 4.79 Å². The predicted molar refractivity (Wildman–Crippen MR) is 89.8 cm³/mol. The summed E-state index contributed by atoms with van der Waals surface area (Å²) >= 11 is 0. The van der Waals surface area contributed by atoms with Gasteiger partial charge in [-0.2, -0.15) is 0 Å². The van der Waals surface area contributed by atoms with Crippen molar-refractivity contribution in [2.75, 3.05) is 19.7 Å². The van der Waals surface area contributed by atoms with Crippen molar-refractivity contribution in [1.82, 2.24) is 4.90 Å². The van der Waals surface area contributed by atoms with E-state index in [1.807, 2.05) is 18.7 Å². The van der Waals surface area contributed by atoms with Gasteiger partial charge in [0.1, 0.15) is 0 Å². The topological polar surface area (TPSA) is 49.8 Å². The lowest BCUT2D eigenvalue weighted by atomic mass is 9.75. The number of carbonyl (C=O) groups is 1. The van der Waals surface area contributed by atoms with Gasteiger partial charge >= 0.3 is 0 Å². The molecule has 1 rings (SSSR count). The van der Waals surface area contributed by atoms with Crippen LogP contribution < -0.4 is 0 Å². The zero-order valence-electron chi connectivity index (χ0n) is 14.9. The van der Waals surface area contributed by atoms with Crippen LogP contribution in [-0.2, 0) is 9.53 Å². The summed E-state index contributed by atoms with van der Waals surface area (Å²) in [7, 11) is 0. The summed E-state index contributed by atoms with van der Waals surface area (Å²) in [6.45, 7) is 10.7. The van der Waals surface area contributed by atoms with Crippen LogP contribution in [0.25, 0.3) is 0 Å². The number of nitrogens with zero attached hydrogens (tertiary/aromatic N) is 1. The minimum Gasteiger partial charge on any atom is -0.393 e. The molecule has 1 aliphatic carbocycles. The fourth-order valence-electron chi connectivity index (χ4n) is 3.03. The smallest absolute Gasteiger partial charge is 0.225 e. The van der Waals surface area contributed by atoms with E-state index in [4.69, 9.17) is 4.74 Å². The average Bonchev–Trinajstić information content (AvgIpc) is 2.49. The second-order valence-electron chi connectivity index (χ2n) is 7.19. The van der Waals surface area contributed by atoms with Gasteiger partial charge in [0.05, 0.1) is 25.2 Å². The zero-order chi connectivity index (χ0) is 16.6. The van der Waals surface area contributed by atoms with Crippen molar-refractivity contribution >= 4 is 5.91 Å². The predicted octanol–water partition coefficient (Wildman–Crippen LogP) is 3.37. The fourth-order valence-corrected chi connectivity index (χ4v) is 3.03. The second-order valence-corrected chi connectivity index (χ2v) is 7.19. The fraction of sp³-hybridized carbons (Fsp3) is 0.944. The number of amides is 1. The molecule has 1 N–H and O–H groups in total. The molecule has 22 heavy (non-hydrogen) atoms. The summed E-state index contributed by atoms with van der Waals surface area (Å²) in [4.78, 5) is 14.2. The molecule has 0 bridgehead atoms. The van der Waals surface area contributed by atoms with Crippen LogP contribution in [-0.4, -0.2) is 47.8 Å². The molecule has 1 saturated carbocycles. The number of carbonyl (C=O) groups excluding carboxylic acids is 1. The Balaban J connectivity index is 2.32. The van der Waals surface area contributed by atoms with E-state index >= 15 is 0 Å². The molecular formula is C18H35NO3. The highest BCUT2D eigenvalue weighted by Gasteiger charge is 2.31. The highest BCUT2D eigenvalue weighted by atomic mass is 16.5. The van der Waals surface area contributed by atoms with Crippen LogP contribution in [0, 0.1) is 5.41 Å². The number of rotatable bonds is 9. The molecule has 0 aromatic carbocycles. The summed E-state index contributed by atoms with van der Waals surface area (Å²) in [5.74, 6) is 0.202. The number of hydrogen-bond acceptors (Lipinski definition) is 3. The van der Waals surface area contributed by atoms with Crippen LogP contribution in [0.2, 0.25) is 0 Å². The maximum absolute atomic E-state index is 12.3. The molecule has 130 valence electrons. The molecule has 0 heterocycles. The molecule has 0 saturated heterocycles. The van der Waals surface area contributed by atoms with E-state index in [-0.39, 0.29) is 23.5 Å². The van der Waals surface area contributed by atoms with E-state index in [0.717, 1.165) is 51.6 Å². The molecule has 1 atom stereocenters. The van der Waals surface area contributed by atoms with Gasteiger partial charge in [-0.25, -0.2) is 0 Å². The molecular weight excluding hydrogens is 278 g/mol. The van der Waals surface area contributed by atoms with Gasteiger partial charge in [-0.1, -0.05) is 20.3 Å². The normalized spacial score (nSPS) is 26.7. The molecule has 0 radical (unpaired) electrons. The quantitative estimate of drug-likeness (QED) is 0.710. The maximum atomic E-state index is 12.3. The van der Waals surface area contributed by atoms with Gasteiger partial charge in [0, 0.05) is 13.1 Å². The minimum absolute atomic E-state index is 0.0353. The lowest BCUT2D eigenvalue weighted by Gasteiger charge is -2.36. The van der Waals surface area contributed by atoms with Gasteiger partial charge in [-0.05, 0) is 51.4 Å². The van der Waals surface area contributed by atoms with E-state index in [0.29, 0.717) is 13.0 Å². The number of hydrogen-bond donors (Lipinski definition) is 1. The molecule has 0 spiro atoms. The van der Waals surface area contributed by atoms with Crippen molar-refractivity contribution < 1.29 is 14.6 Å². The van der Waals surface area contributed by atoms with Crippen LogP contribution >= 0.6 is 0 Å². The summed E-state index contributed by atoms with van der Waals surface area (Å²) in [6, 6.07) is 0. The summed E-state index contributed by atoms with van der Waals surface area (Å²) in [6.07, 6.45) is 6.22. The number of unbranched alkanes of at least 4 members (excludes halogenated alkanes) is 1. The van der Waals surface area contributed by atoms with E-state index in [1.165, 1.54) is 0 Å². The largest absolute Gasteiger partial charge is 0.393 e. The Hall–Kier alpha value is -0.610. The third kappa shape index (κ3) is 6.66. The van der Waals surface area contributed by atoms with Crippen molar-refractivity contribution in [3.63, 3.8) is 0 Å². The Morgan fingerprint density at radius 2 is 2.00 bits per heavy atom. The molecule has 1 fully saturated rings. The molecule has 0 aromatic rings. The van der Waals surface area contributed by atoms with Crippen LogP contribution in [0.1, 0.15) is 72.6 Å². The monoisotopic (exact) mass is 313 g/mol. The Morgan fingerprint density at radius 1 is 1.36 bits per heavy atom. The Morgan fingerprint density at radius 3 is 2.55 bits per heavy atom. The van der Waals surface area contributed by atoms with Crippen molar-refractivity contribution in [2.45, 2.75) is 84.8 Å². The van der Waals surface area contributed by atoms with Gasteiger partial charge in [-0.15, -0.1) is 0 Å². The lowest BCUT2D eigenvalue weighted by Crippen LogP contribution is -2.36. The Kier molecular flexibility index (Phi) is 8.40. The molecule has 1 amide bonds. The molecule has 1 aliphatic rings. The summed E-state index contributed by atoms with van der Waals surface area (Å²) in [5, 5.41) is 9.61. The second kappa shape index (κ2) is 9.51. The molecule has 1 unspecified atom stereocenters. The Bertz CT molecular complexity index is 324. The summed E-state index contributed by atoms with van der Waals surface area (Å²) in [5.41, 5.74) is 0.156. The van der Waals surface area contributed by atoms with Crippen LogP contribution in [0.5, 0.6) is 0 Å². The molecule has 0 aromatic heterocycles. The van der Waals surface area contributed by atoms with Crippen molar-refractivity contribution in [2.24, 2.45) is 5.41 Å². The number of aliphatic hydroxyl groups excluding tert-OH is 1. The first kappa shape index (κ1) is 19.4. The van der Waals surface area contributed by atoms with E-state index in [2.05, 4.69) is 13.8 Å². The van der Waals surface area contributed by atoms with Gasteiger partial charge < -0.3 is 14.7 Å². The van der Waals surface area contributed by atoms with Crippen molar-refractivity contribution in [3.05, 3.63) is 0 Å². The Labute approximate surface area is 136 Å². The summed E-state index contributed by atoms with van der Waals surface area (Å²) < 4.78 is 5.96. The van der Waals surface area contributed by atoms with Crippen molar-refractivity contribution in [3.8, 4) is 0 Å². The maximum Gasteiger partial charge on any atom is 0.225 e. The van der Waals surface area contributed by atoms with Crippen LogP contribution in [0.3, 0.4) is 0 Å². The SMILES string of the molecule is CCCCN(CC)C(=O)CC(C)OCC1(C)CCC(O)CC1. The van der Waals surface area contributed by atoms with E-state index in [1.54, 1.807) is 0 Å². The van der Waals surface area contributed by atoms with Crippen LogP contribution in [0.15, 0.2) is 0 Å². The molecule has 4 nitrogen and oxygen atoms in total. The first-order valence-corrected chi connectivity index (χ1v) is 8.97. The van der Waals surface area contributed by atoms with Gasteiger partial charge in [0.2, 0.25) is 5.91 Å². The number of ether oxygens (including phenoxy) is 1. The highest BCUT2D eigenvalue weighted by molar-refractivity contribution is 5.76. The van der Waals surface area contributed by atoms with E-state index in [9.17, 15) is 9.90 Å². The standard InChI is InChI=1S/C18H35NO3/c1-5-7-12-19(6-2)17(21)13-15(3)22-14-18(4)10-8-16(20)9-11-18/h15-16,20H,5-14H2,1-4H3. The lowest BCUT2D eigenvalue weighted by molar-refractivity contribution is -0.134. The zero-order valence-corrected chi connectivity index (χ0v) is 14.9. The van der Waals surface area contributed by atoms with E-state index < -0.39 is 0 Å². The average molecular weight is 313 g/mol. The number of aliphatic hydroxyl groups is 1. The highest BCUT2D eigenvalue weighted by Crippen LogP contribution is 2.36. The van der Waals surface area contributed by atoms with Crippen molar-refractivity contribution in [1.29, 1.82) is 0 Å². The third-order valence-electron chi connectivity index (χ3n) is 4.86. The van der Waals surface area contributed by atoms with Crippen LogP contribution in [0.4, 0.5) is 0 Å². The first-order valence-electron chi connectivity index (χ1n) is 8.97. The minimum atomic E-state index is -0.135.